The summed E-state index contributed by atoms with van der Waals surface area (Å²) < 4.78 is 2.86. The van der Waals surface area contributed by atoms with E-state index in [9.17, 15) is 0 Å². The smallest absolute Gasteiger partial charge is 0.0454 e. The van der Waals surface area contributed by atoms with Gasteiger partial charge in [-0.3, -0.25) is 0 Å². The van der Waals surface area contributed by atoms with E-state index < -0.39 is 0 Å². The molecule has 0 saturated carbocycles. The van der Waals surface area contributed by atoms with Crippen LogP contribution in [0.2, 0.25) is 0 Å². The van der Waals surface area contributed by atoms with Crippen LogP contribution in [0, 0.1) is 5.92 Å². The summed E-state index contributed by atoms with van der Waals surface area (Å²) in [6.07, 6.45) is 0. The molecule has 0 spiro atoms. The topological polar surface area (TPSA) is 12.0 Å². The molecule has 2 aromatic heterocycles. The van der Waals surface area contributed by atoms with Crippen LogP contribution >= 0.6 is 22.7 Å². The predicted octanol–water partition coefficient (Wildman–Crippen LogP) is 4.27. The van der Waals surface area contributed by atoms with Gasteiger partial charge in [-0.1, -0.05) is 20.8 Å². The summed E-state index contributed by atoms with van der Waals surface area (Å²) in [6, 6.07) is 5.08. The van der Waals surface area contributed by atoms with Crippen LogP contribution in [0.4, 0.5) is 0 Å². The Morgan fingerprint density at radius 3 is 2.73 bits per heavy atom. The van der Waals surface area contributed by atoms with Crippen molar-refractivity contribution in [2.24, 2.45) is 5.92 Å². The summed E-state index contributed by atoms with van der Waals surface area (Å²) in [7, 11) is 0. The van der Waals surface area contributed by atoms with Crippen molar-refractivity contribution in [1.29, 1.82) is 0 Å². The predicted molar refractivity (Wildman–Crippen MR) is 71.0 cm³/mol. The van der Waals surface area contributed by atoms with Gasteiger partial charge in [-0.15, -0.1) is 22.7 Å². The van der Waals surface area contributed by atoms with E-state index >= 15 is 0 Å². The van der Waals surface area contributed by atoms with Crippen molar-refractivity contribution in [2.75, 3.05) is 6.54 Å². The van der Waals surface area contributed by atoms with Gasteiger partial charge < -0.3 is 5.32 Å². The van der Waals surface area contributed by atoms with Gasteiger partial charge in [-0.25, -0.2) is 0 Å². The molecule has 82 valence electrons. The fourth-order valence-electron chi connectivity index (χ4n) is 1.82. The molecule has 2 rings (SSSR count). The molecule has 2 aromatic rings. The lowest BCUT2D eigenvalue weighted by Crippen LogP contribution is -2.24. The van der Waals surface area contributed by atoms with E-state index in [1.54, 1.807) is 0 Å². The number of hydrogen-bond donors (Lipinski definition) is 1. The highest BCUT2D eigenvalue weighted by Crippen LogP contribution is 2.35. The maximum Gasteiger partial charge on any atom is 0.0454 e. The fraction of sp³-hybridized carbons (Fsp3) is 0.500. The Hall–Kier alpha value is -0.380. The highest BCUT2D eigenvalue weighted by atomic mass is 32.1. The Kier molecular flexibility index (Phi) is 3.44. The first-order valence-corrected chi connectivity index (χ1v) is 7.12. The van der Waals surface area contributed by atoms with Gasteiger partial charge in [0.1, 0.15) is 0 Å². The molecule has 0 fully saturated rings. The molecule has 0 aliphatic carbocycles. The van der Waals surface area contributed by atoms with Crippen LogP contribution in [0.25, 0.3) is 9.40 Å². The fourth-order valence-corrected chi connectivity index (χ4v) is 4.19. The second-order valence-electron chi connectivity index (χ2n) is 4.08. The highest BCUT2D eigenvalue weighted by molar-refractivity contribution is 7.26. The Morgan fingerprint density at radius 1 is 1.33 bits per heavy atom. The van der Waals surface area contributed by atoms with Gasteiger partial charge >= 0.3 is 0 Å². The van der Waals surface area contributed by atoms with Crippen LogP contribution in [0.1, 0.15) is 31.7 Å². The van der Waals surface area contributed by atoms with Crippen LogP contribution < -0.4 is 5.32 Å². The Labute approximate surface area is 99.1 Å². The molecule has 1 nitrogen and oxygen atoms in total. The molecule has 1 atom stereocenters. The van der Waals surface area contributed by atoms with Crippen LogP contribution in [0.15, 0.2) is 17.5 Å². The minimum Gasteiger partial charge on any atom is -0.309 e. The highest BCUT2D eigenvalue weighted by Gasteiger charge is 2.17. The maximum atomic E-state index is 3.56. The number of hydrogen-bond acceptors (Lipinski definition) is 3. The van der Waals surface area contributed by atoms with Crippen LogP contribution in [0.5, 0.6) is 0 Å². The summed E-state index contributed by atoms with van der Waals surface area (Å²) in [5.74, 6) is 0.651. The van der Waals surface area contributed by atoms with Crippen LogP contribution in [-0.2, 0) is 0 Å². The zero-order valence-corrected chi connectivity index (χ0v) is 11.0. The van der Waals surface area contributed by atoms with Gasteiger partial charge in [0.15, 0.2) is 0 Å². The SMILES string of the molecule is CCNC(c1cc2sccc2s1)C(C)C. The molecule has 2 heterocycles. The van der Waals surface area contributed by atoms with Crippen molar-refractivity contribution >= 4 is 32.1 Å². The van der Waals surface area contributed by atoms with E-state index in [-0.39, 0.29) is 0 Å². The first-order valence-electron chi connectivity index (χ1n) is 5.42. The van der Waals surface area contributed by atoms with Gasteiger partial charge in [-0.05, 0) is 30.0 Å². The third-order valence-electron chi connectivity index (χ3n) is 2.56. The summed E-state index contributed by atoms with van der Waals surface area (Å²) in [6.45, 7) is 7.77. The Balaban J connectivity index is 2.30. The second kappa shape index (κ2) is 4.64. The third kappa shape index (κ3) is 2.25. The molecule has 0 aromatic carbocycles. The van der Waals surface area contributed by atoms with Gasteiger partial charge in [0.05, 0.1) is 0 Å². The lowest BCUT2D eigenvalue weighted by Gasteiger charge is -2.20. The summed E-state index contributed by atoms with van der Waals surface area (Å²) >= 11 is 3.77. The summed E-state index contributed by atoms with van der Waals surface area (Å²) in [5, 5.41) is 5.73. The van der Waals surface area contributed by atoms with Crippen molar-refractivity contribution in [3.05, 3.63) is 22.4 Å². The third-order valence-corrected chi connectivity index (χ3v) is 4.73. The van der Waals surface area contributed by atoms with Crippen molar-refractivity contribution in [3.63, 3.8) is 0 Å². The molecule has 0 aliphatic rings. The molecule has 0 bridgehead atoms. The first-order chi connectivity index (χ1) is 7.22. The lowest BCUT2D eigenvalue weighted by molar-refractivity contribution is 0.428. The molecule has 3 heteroatoms. The molecule has 1 N–H and O–H groups in total. The number of nitrogens with one attached hydrogen (secondary N) is 1. The molecular formula is C12H17NS2. The van der Waals surface area contributed by atoms with Crippen LogP contribution in [0.3, 0.4) is 0 Å². The molecule has 0 radical (unpaired) electrons. The molecule has 0 saturated heterocycles. The standard InChI is InChI=1S/C12H17NS2/c1-4-13-12(8(2)3)11-7-10-9(15-11)5-6-14-10/h5-8,12-13H,4H2,1-3H3. The van der Waals surface area contributed by atoms with E-state index in [1.807, 2.05) is 22.7 Å². The number of fused-ring (bicyclic) bond motifs is 1. The van der Waals surface area contributed by atoms with E-state index in [0.717, 1.165) is 6.54 Å². The molecule has 0 aliphatic heterocycles. The zero-order valence-electron chi connectivity index (χ0n) is 9.41. The number of rotatable bonds is 4. The van der Waals surface area contributed by atoms with Crippen molar-refractivity contribution in [1.82, 2.24) is 5.32 Å². The quantitative estimate of drug-likeness (QED) is 0.840. The van der Waals surface area contributed by atoms with Crippen molar-refractivity contribution in [3.8, 4) is 0 Å². The normalized spacial score (nSPS) is 13.9. The zero-order chi connectivity index (χ0) is 10.8. The maximum absolute atomic E-state index is 3.56. The van der Waals surface area contributed by atoms with Gasteiger partial charge in [-0.2, -0.15) is 0 Å². The van der Waals surface area contributed by atoms with E-state index in [0.29, 0.717) is 12.0 Å². The monoisotopic (exact) mass is 239 g/mol. The number of thiophene rings is 2. The minimum atomic E-state index is 0.514. The van der Waals surface area contributed by atoms with Crippen molar-refractivity contribution in [2.45, 2.75) is 26.8 Å². The first kappa shape index (κ1) is 11.1. The Morgan fingerprint density at radius 2 is 2.13 bits per heavy atom. The second-order valence-corrected chi connectivity index (χ2v) is 6.14. The Bertz CT molecular complexity index is 399. The van der Waals surface area contributed by atoms with Gasteiger partial charge in [0.25, 0.3) is 0 Å². The molecule has 15 heavy (non-hydrogen) atoms. The largest absolute Gasteiger partial charge is 0.309 e. The molecular weight excluding hydrogens is 222 g/mol. The van der Waals surface area contributed by atoms with E-state index in [4.69, 9.17) is 0 Å². The molecule has 1 unspecified atom stereocenters. The summed E-state index contributed by atoms with van der Waals surface area (Å²) in [5.41, 5.74) is 0. The average Bonchev–Trinajstić information content (AvgIpc) is 2.72. The van der Waals surface area contributed by atoms with Crippen molar-refractivity contribution < 1.29 is 0 Å². The van der Waals surface area contributed by atoms with Gasteiger partial charge in [0.2, 0.25) is 0 Å². The van der Waals surface area contributed by atoms with E-state index in [2.05, 4.69) is 43.6 Å². The van der Waals surface area contributed by atoms with E-state index in [1.165, 1.54) is 14.3 Å². The summed E-state index contributed by atoms with van der Waals surface area (Å²) in [4.78, 5) is 1.48. The minimum absolute atomic E-state index is 0.514. The van der Waals surface area contributed by atoms with Crippen LogP contribution in [-0.4, -0.2) is 6.54 Å². The van der Waals surface area contributed by atoms with Gasteiger partial charge in [0, 0.05) is 20.3 Å². The molecule has 0 amide bonds. The lowest BCUT2D eigenvalue weighted by atomic mass is 10.0. The average molecular weight is 239 g/mol.